The average molecular weight is 419 g/mol. The van der Waals surface area contributed by atoms with E-state index in [2.05, 4.69) is 33.2 Å². The van der Waals surface area contributed by atoms with Crippen molar-refractivity contribution in [2.75, 3.05) is 11.9 Å². The van der Waals surface area contributed by atoms with E-state index in [1.165, 1.54) is 0 Å². The number of hydrogen-bond donors (Lipinski definition) is 2. The lowest BCUT2D eigenvalue weighted by Crippen LogP contribution is -2.10. The minimum absolute atomic E-state index is 0.000954. The van der Waals surface area contributed by atoms with E-state index in [4.69, 9.17) is 4.74 Å². The topological polar surface area (TPSA) is 70.9 Å². The van der Waals surface area contributed by atoms with E-state index >= 15 is 0 Å². The molecule has 26 heavy (non-hydrogen) atoms. The van der Waals surface area contributed by atoms with E-state index in [1.807, 2.05) is 25.1 Å². The Labute approximate surface area is 162 Å². The summed E-state index contributed by atoms with van der Waals surface area (Å²) in [4.78, 5) is 16.2. The second-order valence-electron chi connectivity index (χ2n) is 5.74. The number of amides is 1. The highest BCUT2D eigenvalue weighted by atomic mass is 79.9. The summed E-state index contributed by atoms with van der Waals surface area (Å²) >= 11 is 3.40. The number of unbranched alkanes of at least 4 members (excludes halogenated alkanes) is 1. The van der Waals surface area contributed by atoms with Crippen LogP contribution in [-0.2, 0) is 4.79 Å². The number of halogens is 1. The zero-order valence-electron chi connectivity index (χ0n) is 15.0. The molecule has 6 heteroatoms. The molecule has 1 amide bonds. The van der Waals surface area contributed by atoms with Gasteiger partial charge in [-0.2, -0.15) is 0 Å². The monoisotopic (exact) mass is 418 g/mol. The fraction of sp³-hybridized carbons (Fsp3) is 0.300. The lowest BCUT2D eigenvalue weighted by molar-refractivity contribution is -0.116. The lowest BCUT2D eigenvalue weighted by atomic mass is 10.2. The third kappa shape index (κ3) is 5.88. The molecular formula is C20H23BrN2O3. The predicted molar refractivity (Wildman–Crippen MR) is 109 cm³/mol. The third-order valence-corrected chi connectivity index (χ3v) is 4.07. The average Bonchev–Trinajstić information content (AvgIpc) is 2.62. The molecule has 0 aliphatic heterocycles. The number of ether oxygens (including phenoxy) is 1. The Hall–Kier alpha value is -2.34. The van der Waals surface area contributed by atoms with Gasteiger partial charge in [0.05, 0.1) is 12.3 Å². The fourth-order valence-corrected chi connectivity index (χ4v) is 2.78. The summed E-state index contributed by atoms with van der Waals surface area (Å²) in [6, 6.07) is 10.7. The molecule has 2 N–H and O–H groups in total. The van der Waals surface area contributed by atoms with Crippen molar-refractivity contribution in [1.29, 1.82) is 0 Å². The molecule has 0 saturated heterocycles. The van der Waals surface area contributed by atoms with Gasteiger partial charge in [0.25, 0.3) is 0 Å². The van der Waals surface area contributed by atoms with Gasteiger partial charge in [-0.3, -0.25) is 9.79 Å². The minimum Gasteiger partial charge on any atom is -0.504 e. The van der Waals surface area contributed by atoms with Crippen LogP contribution in [0.15, 0.2) is 45.9 Å². The number of aromatic hydroxyl groups is 1. The summed E-state index contributed by atoms with van der Waals surface area (Å²) in [7, 11) is 0. The predicted octanol–water partition coefficient (Wildman–Crippen LogP) is 5.43. The van der Waals surface area contributed by atoms with Gasteiger partial charge in [0.1, 0.15) is 0 Å². The molecule has 2 aromatic carbocycles. The van der Waals surface area contributed by atoms with Crippen molar-refractivity contribution in [2.24, 2.45) is 4.99 Å². The van der Waals surface area contributed by atoms with E-state index in [1.54, 1.807) is 24.4 Å². The molecule has 0 heterocycles. The summed E-state index contributed by atoms with van der Waals surface area (Å²) < 4.78 is 6.21. The van der Waals surface area contributed by atoms with Crippen LogP contribution < -0.4 is 10.1 Å². The van der Waals surface area contributed by atoms with Crippen LogP contribution in [0.5, 0.6) is 11.5 Å². The first-order valence-electron chi connectivity index (χ1n) is 8.62. The number of anilines is 1. The normalized spacial score (nSPS) is 10.9. The maximum Gasteiger partial charge on any atom is 0.224 e. The smallest absolute Gasteiger partial charge is 0.224 e. The van der Waals surface area contributed by atoms with E-state index in [9.17, 15) is 9.90 Å². The molecule has 0 fully saturated rings. The van der Waals surface area contributed by atoms with Crippen molar-refractivity contribution in [3.63, 3.8) is 0 Å². The Morgan fingerprint density at radius 2 is 2.12 bits per heavy atom. The third-order valence-electron chi connectivity index (χ3n) is 3.61. The zero-order valence-corrected chi connectivity index (χ0v) is 16.5. The van der Waals surface area contributed by atoms with Crippen molar-refractivity contribution in [3.8, 4) is 11.5 Å². The molecule has 0 aliphatic rings. The van der Waals surface area contributed by atoms with E-state index < -0.39 is 0 Å². The largest absolute Gasteiger partial charge is 0.504 e. The molecule has 0 unspecified atom stereocenters. The number of phenolic OH excluding ortho intramolecular Hbond substituents is 1. The molecule has 0 aliphatic carbocycles. The highest BCUT2D eigenvalue weighted by Crippen LogP contribution is 2.33. The molecule has 0 saturated carbocycles. The SMILES string of the molecule is CCCCC(=O)Nc1cccc(N=Cc2cc(Br)cc(OCC)c2O)c1. The number of carbonyl (C=O) groups is 1. The number of aliphatic imine (C=N–C) groups is 1. The molecule has 0 aromatic heterocycles. The van der Waals surface area contributed by atoms with Crippen LogP contribution >= 0.6 is 15.9 Å². The van der Waals surface area contributed by atoms with Gasteiger partial charge in [-0.15, -0.1) is 0 Å². The van der Waals surface area contributed by atoms with Gasteiger partial charge >= 0.3 is 0 Å². The Balaban J connectivity index is 2.16. The molecule has 0 atom stereocenters. The number of carbonyl (C=O) groups excluding carboxylic acids is 1. The summed E-state index contributed by atoms with van der Waals surface area (Å²) in [6.45, 7) is 4.37. The van der Waals surface area contributed by atoms with Crippen molar-refractivity contribution < 1.29 is 14.6 Å². The van der Waals surface area contributed by atoms with Crippen molar-refractivity contribution in [1.82, 2.24) is 0 Å². The van der Waals surface area contributed by atoms with Crippen LogP contribution in [0.1, 0.15) is 38.7 Å². The van der Waals surface area contributed by atoms with E-state index in [-0.39, 0.29) is 11.7 Å². The van der Waals surface area contributed by atoms with Crippen LogP contribution in [0.3, 0.4) is 0 Å². The highest BCUT2D eigenvalue weighted by Gasteiger charge is 2.09. The summed E-state index contributed by atoms with van der Waals surface area (Å²) in [5.74, 6) is 0.446. The first kappa shape index (κ1) is 20.0. The maximum atomic E-state index is 11.8. The summed E-state index contributed by atoms with van der Waals surface area (Å²) in [6.07, 6.45) is 3.93. The van der Waals surface area contributed by atoms with Crippen LogP contribution in [-0.4, -0.2) is 23.8 Å². The maximum absolute atomic E-state index is 11.8. The summed E-state index contributed by atoms with van der Waals surface area (Å²) in [5, 5.41) is 13.2. The Kier molecular flexibility index (Phi) is 7.66. The molecular weight excluding hydrogens is 396 g/mol. The Morgan fingerprint density at radius 1 is 1.31 bits per heavy atom. The van der Waals surface area contributed by atoms with Crippen LogP contribution in [0, 0.1) is 0 Å². The molecule has 0 bridgehead atoms. The molecule has 138 valence electrons. The zero-order chi connectivity index (χ0) is 18.9. The molecule has 5 nitrogen and oxygen atoms in total. The van der Waals surface area contributed by atoms with Gasteiger partial charge < -0.3 is 15.2 Å². The van der Waals surface area contributed by atoms with Crippen molar-refractivity contribution >= 4 is 39.4 Å². The highest BCUT2D eigenvalue weighted by molar-refractivity contribution is 9.10. The first-order chi connectivity index (χ1) is 12.5. The summed E-state index contributed by atoms with van der Waals surface area (Å²) in [5.41, 5.74) is 1.92. The number of nitrogens with one attached hydrogen (secondary N) is 1. The van der Waals surface area contributed by atoms with Crippen molar-refractivity contribution in [2.45, 2.75) is 33.1 Å². The second kappa shape index (κ2) is 9.97. The number of rotatable bonds is 8. The Morgan fingerprint density at radius 3 is 2.85 bits per heavy atom. The fourth-order valence-electron chi connectivity index (χ4n) is 2.33. The van der Waals surface area contributed by atoms with Gasteiger partial charge in [-0.05, 0) is 43.7 Å². The van der Waals surface area contributed by atoms with E-state index in [0.29, 0.717) is 35.7 Å². The minimum atomic E-state index is -0.000954. The first-order valence-corrected chi connectivity index (χ1v) is 9.42. The van der Waals surface area contributed by atoms with Crippen LogP contribution in [0.2, 0.25) is 0 Å². The van der Waals surface area contributed by atoms with Gasteiger partial charge in [0.15, 0.2) is 11.5 Å². The van der Waals surface area contributed by atoms with Crippen molar-refractivity contribution in [3.05, 3.63) is 46.4 Å². The van der Waals surface area contributed by atoms with Crippen LogP contribution in [0.25, 0.3) is 0 Å². The number of hydrogen-bond acceptors (Lipinski definition) is 4. The number of phenols is 1. The van der Waals surface area contributed by atoms with E-state index in [0.717, 1.165) is 17.3 Å². The number of benzene rings is 2. The number of nitrogens with zero attached hydrogens (tertiary/aromatic N) is 1. The Bertz CT molecular complexity index is 791. The molecule has 0 spiro atoms. The van der Waals surface area contributed by atoms with Gasteiger partial charge in [-0.1, -0.05) is 35.3 Å². The molecule has 0 radical (unpaired) electrons. The molecule has 2 aromatic rings. The van der Waals surface area contributed by atoms with Gasteiger partial charge in [0, 0.05) is 28.4 Å². The van der Waals surface area contributed by atoms with Gasteiger partial charge in [-0.25, -0.2) is 0 Å². The van der Waals surface area contributed by atoms with Gasteiger partial charge in [0.2, 0.25) is 5.91 Å². The standard InChI is InChI=1S/C20H23BrN2O3/c1-3-5-9-19(24)23-17-8-6-7-16(12-17)22-13-14-10-15(21)11-18(20(14)25)26-4-2/h6-8,10-13,25H,3-5,9H2,1-2H3,(H,23,24). The molecule has 2 rings (SSSR count). The lowest BCUT2D eigenvalue weighted by Gasteiger charge is -2.09. The van der Waals surface area contributed by atoms with Crippen LogP contribution in [0.4, 0.5) is 11.4 Å². The second-order valence-corrected chi connectivity index (χ2v) is 6.65. The quantitative estimate of drug-likeness (QED) is 0.561.